The first-order valence-corrected chi connectivity index (χ1v) is 11.4. The topological polar surface area (TPSA) is 92.2 Å². The van der Waals surface area contributed by atoms with Crippen molar-refractivity contribution in [2.75, 3.05) is 25.1 Å². The number of anilines is 1. The Morgan fingerprint density at radius 3 is 2.71 bits per heavy atom. The van der Waals surface area contributed by atoms with Crippen molar-refractivity contribution >= 4 is 29.1 Å². The molecule has 0 saturated heterocycles. The van der Waals surface area contributed by atoms with Crippen molar-refractivity contribution in [1.29, 1.82) is 0 Å². The van der Waals surface area contributed by atoms with Crippen molar-refractivity contribution < 1.29 is 22.7 Å². The molecule has 8 nitrogen and oxygen atoms in total. The van der Waals surface area contributed by atoms with E-state index in [0.29, 0.717) is 19.8 Å². The van der Waals surface area contributed by atoms with Gasteiger partial charge in [0, 0.05) is 32.2 Å². The zero-order chi connectivity index (χ0) is 24.9. The van der Waals surface area contributed by atoms with E-state index >= 15 is 0 Å². The molecule has 12 heteroatoms. The molecule has 1 aliphatic rings. The Labute approximate surface area is 201 Å². The number of fused-ring (bicyclic) bond motifs is 1. The van der Waals surface area contributed by atoms with Gasteiger partial charge in [-0.2, -0.15) is 18.3 Å². The van der Waals surface area contributed by atoms with Crippen LogP contribution in [-0.2, 0) is 4.74 Å². The zero-order valence-corrected chi connectivity index (χ0v) is 20.1. The number of thiocarbonyl (C=S) groups is 1. The fourth-order valence-electron chi connectivity index (χ4n) is 3.63. The summed E-state index contributed by atoms with van der Waals surface area (Å²) >= 11 is 5.08. The number of amides is 1. The van der Waals surface area contributed by atoms with Crippen LogP contribution in [0.2, 0.25) is 0 Å². The molecule has 2 aromatic rings. The van der Waals surface area contributed by atoms with Gasteiger partial charge in [0.1, 0.15) is 5.82 Å². The van der Waals surface area contributed by atoms with Crippen LogP contribution < -0.4 is 21.5 Å². The average Bonchev–Trinajstić information content (AvgIpc) is 3.22. The zero-order valence-electron chi connectivity index (χ0n) is 19.3. The van der Waals surface area contributed by atoms with Gasteiger partial charge in [0.2, 0.25) is 0 Å². The van der Waals surface area contributed by atoms with E-state index in [2.05, 4.69) is 26.6 Å². The standard InChI is InChI=1S/C22H29F3N6O2S/c1-4-33-9-5-8-26-21(34)29-28-20(32)17-12-19-27-16(15-7-6-13(2)14(3)10-15)11-18(22(23,24)25)31(19)30-17/h6-7,10,12,16,18,27H,4-5,8-9,11H2,1-3H3,(H,28,32)(H2,26,29,34)/t16-,18+/m1/s1. The number of halogens is 3. The molecule has 2 heterocycles. The molecule has 186 valence electrons. The number of hydrogen-bond donors (Lipinski definition) is 4. The van der Waals surface area contributed by atoms with Crippen LogP contribution in [0.4, 0.5) is 19.0 Å². The van der Waals surface area contributed by atoms with Crippen LogP contribution in [0, 0.1) is 13.8 Å². The Morgan fingerprint density at radius 1 is 1.26 bits per heavy atom. The van der Waals surface area contributed by atoms with E-state index in [-0.39, 0.29) is 23.0 Å². The summed E-state index contributed by atoms with van der Waals surface area (Å²) in [6, 6.07) is 4.46. The summed E-state index contributed by atoms with van der Waals surface area (Å²) in [5, 5.41) is 10.1. The Kier molecular flexibility index (Phi) is 8.37. The number of nitrogens with one attached hydrogen (secondary N) is 4. The largest absolute Gasteiger partial charge is 0.410 e. The van der Waals surface area contributed by atoms with E-state index in [9.17, 15) is 18.0 Å². The van der Waals surface area contributed by atoms with Gasteiger partial charge in [0.15, 0.2) is 16.8 Å². The van der Waals surface area contributed by atoms with Gasteiger partial charge in [-0.3, -0.25) is 15.6 Å². The maximum Gasteiger partial charge on any atom is 0.410 e. The normalized spacial score (nSPS) is 17.5. The van der Waals surface area contributed by atoms with Crippen molar-refractivity contribution in [3.05, 3.63) is 46.6 Å². The molecule has 2 atom stereocenters. The number of benzene rings is 1. The number of nitrogens with zero attached hydrogens (tertiary/aromatic N) is 2. The number of aromatic nitrogens is 2. The molecule has 1 aromatic heterocycles. The Hall–Kier alpha value is -2.86. The smallest absolute Gasteiger partial charge is 0.382 e. The lowest BCUT2D eigenvalue weighted by atomic mass is 9.94. The molecule has 3 rings (SSSR count). The Morgan fingerprint density at radius 2 is 2.03 bits per heavy atom. The first-order chi connectivity index (χ1) is 16.1. The number of rotatable bonds is 7. The SMILES string of the molecule is CCOCCCNC(=S)NNC(=O)c1cc2n(n1)[C@H](C(F)(F)F)C[C@H](c1ccc(C)c(C)c1)N2. The fourth-order valence-corrected chi connectivity index (χ4v) is 3.78. The third-order valence-electron chi connectivity index (χ3n) is 5.60. The van der Waals surface area contributed by atoms with Crippen LogP contribution in [0.5, 0.6) is 0 Å². The highest BCUT2D eigenvalue weighted by molar-refractivity contribution is 7.80. The lowest BCUT2D eigenvalue weighted by Crippen LogP contribution is -2.47. The van der Waals surface area contributed by atoms with Gasteiger partial charge in [-0.15, -0.1) is 0 Å². The minimum absolute atomic E-state index is 0.124. The number of aryl methyl sites for hydroxylation is 2. The van der Waals surface area contributed by atoms with Gasteiger partial charge in [0.05, 0.1) is 6.04 Å². The molecule has 0 aliphatic carbocycles. The van der Waals surface area contributed by atoms with E-state index in [1.807, 2.05) is 39.0 Å². The number of ether oxygens (including phenoxy) is 1. The van der Waals surface area contributed by atoms with Crippen LogP contribution in [-0.4, -0.2) is 46.7 Å². The van der Waals surface area contributed by atoms with Gasteiger partial charge in [0.25, 0.3) is 5.91 Å². The second-order valence-corrected chi connectivity index (χ2v) is 8.49. The third kappa shape index (κ3) is 6.38. The molecule has 0 fully saturated rings. The number of alkyl halides is 3. The molecule has 1 aromatic carbocycles. The second-order valence-electron chi connectivity index (χ2n) is 8.08. The van der Waals surface area contributed by atoms with E-state index < -0.39 is 24.2 Å². The van der Waals surface area contributed by atoms with E-state index in [1.54, 1.807) is 0 Å². The van der Waals surface area contributed by atoms with Gasteiger partial charge in [-0.25, -0.2) is 4.68 Å². The summed E-state index contributed by atoms with van der Waals surface area (Å²) < 4.78 is 47.7. The minimum atomic E-state index is -4.53. The van der Waals surface area contributed by atoms with Crippen LogP contribution in [0.3, 0.4) is 0 Å². The lowest BCUT2D eigenvalue weighted by molar-refractivity contribution is -0.173. The molecule has 0 unspecified atom stereocenters. The quantitative estimate of drug-likeness (QED) is 0.263. The molecule has 0 radical (unpaired) electrons. The monoisotopic (exact) mass is 498 g/mol. The number of carbonyl (C=O) groups is 1. The van der Waals surface area contributed by atoms with Crippen molar-refractivity contribution in [3.8, 4) is 0 Å². The lowest BCUT2D eigenvalue weighted by Gasteiger charge is -2.33. The summed E-state index contributed by atoms with van der Waals surface area (Å²) in [7, 11) is 0. The highest BCUT2D eigenvalue weighted by Gasteiger charge is 2.46. The van der Waals surface area contributed by atoms with E-state index in [1.165, 1.54) is 6.07 Å². The maximum atomic E-state index is 13.9. The Bertz CT molecular complexity index is 1030. The van der Waals surface area contributed by atoms with Crippen LogP contribution in [0.25, 0.3) is 0 Å². The molecule has 0 bridgehead atoms. The van der Waals surface area contributed by atoms with Crippen molar-refractivity contribution in [2.24, 2.45) is 0 Å². The molecule has 1 aliphatic heterocycles. The predicted octanol–water partition coefficient (Wildman–Crippen LogP) is 3.70. The summed E-state index contributed by atoms with van der Waals surface area (Å²) in [5.41, 5.74) is 7.53. The highest BCUT2D eigenvalue weighted by atomic mass is 32.1. The molecule has 0 spiro atoms. The number of hydrazine groups is 1. The molecular formula is C22H29F3N6O2S. The van der Waals surface area contributed by atoms with Crippen LogP contribution in [0.1, 0.15) is 59.0 Å². The molecule has 0 saturated carbocycles. The van der Waals surface area contributed by atoms with Crippen molar-refractivity contribution in [2.45, 2.75) is 51.9 Å². The molecule has 34 heavy (non-hydrogen) atoms. The second kappa shape index (κ2) is 11.0. The minimum Gasteiger partial charge on any atom is -0.382 e. The summed E-state index contributed by atoms with van der Waals surface area (Å²) in [4.78, 5) is 12.5. The van der Waals surface area contributed by atoms with Gasteiger partial charge in [-0.1, -0.05) is 18.2 Å². The Balaban J connectivity index is 1.69. The van der Waals surface area contributed by atoms with E-state index in [4.69, 9.17) is 17.0 Å². The first-order valence-electron chi connectivity index (χ1n) is 11.0. The maximum absolute atomic E-state index is 13.9. The summed E-state index contributed by atoms with van der Waals surface area (Å²) in [5.74, 6) is -0.579. The number of carbonyl (C=O) groups excluding carboxylic acids is 1. The van der Waals surface area contributed by atoms with Crippen molar-refractivity contribution in [1.82, 2.24) is 25.9 Å². The first kappa shape index (κ1) is 25.8. The predicted molar refractivity (Wildman–Crippen MR) is 127 cm³/mol. The highest BCUT2D eigenvalue weighted by Crippen LogP contribution is 2.43. The third-order valence-corrected chi connectivity index (χ3v) is 5.85. The molecule has 4 N–H and O–H groups in total. The van der Waals surface area contributed by atoms with Crippen LogP contribution >= 0.6 is 12.2 Å². The summed E-state index contributed by atoms with van der Waals surface area (Å²) in [6.07, 6.45) is -4.04. The van der Waals surface area contributed by atoms with Crippen LogP contribution in [0.15, 0.2) is 24.3 Å². The van der Waals surface area contributed by atoms with Gasteiger partial charge < -0.3 is 15.4 Å². The van der Waals surface area contributed by atoms with Crippen molar-refractivity contribution in [3.63, 3.8) is 0 Å². The van der Waals surface area contributed by atoms with Gasteiger partial charge in [-0.05, 0) is 56.1 Å². The summed E-state index contributed by atoms with van der Waals surface area (Å²) in [6.45, 7) is 7.51. The average molecular weight is 499 g/mol. The van der Waals surface area contributed by atoms with E-state index in [0.717, 1.165) is 27.8 Å². The molecule has 1 amide bonds. The number of hydrogen-bond acceptors (Lipinski definition) is 5. The van der Waals surface area contributed by atoms with Gasteiger partial charge >= 0.3 is 6.18 Å². The molecular weight excluding hydrogens is 469 g/mol. The fraction of sp³-hybridized carbons (Fsp3) is 0.500.